The first-order chi connectivity index (χ1) is 13.5. The molecule has 0 aromatic heterocycles. The van der Waals surface area contributed by atoms with Gasteiger partial charge in [0.25, 0.3) is 5.91 Å². The van der Waals surface area contributed by atoms with E-state index in [9.17, 15) is 19.2 Å². The van der Waals surface area contributed by atoms with Crippen LogP contribution in [0.1, 0.15) is 31.7 Å². The van der Waals surface area contributed by atoms with Gasteiger partial charge in [0.2, 0.25) is 11.8 Å². The number of carbonyl (C=O) groups is 4. The number of aryl methyl sites for hydroxylation is 1. The summed E-state index contributed by atoms with van der Waals surface area (Å²) in [5.74, 6) is -1.67. The Morgan fingerprint density at radius 2 is 1.68 bits per heavy atom. The Labute approximate surface area is 163 Å². The highest BCUT2D eigenvalue weighted by atomic mass is 16.5. The topological polar surface area (TPSA) is 92.8 Å². The van der Waals surface area contributed by atoms with E-state index in [1.165, 1.54) is 0 Å². The van der Waals surface area contributed by atoms with Crippen molar-refractivity contribution < 1.29 is 23.9 Å². The van der Waals surface area contributed by atoms with Gasteiger partial charge in [-0.25, -0.2) is 0 Å². The number of carbonyl (C=O) groups excluding carboxylic acids is 4. The maximum atomic E-state index is 12.6. The number of anilines is 1. The standard InChI is InChI=1S/C21H24N2O5/c1-2-12-3-7-15(8-4-12)22-16(24)11-28-17(25)10-23-20(26)18-13-5-6-14(9-13)19(18)21(23)27/h3-4,7-8,13-14,18-19H,2,5-6,9-11H2,1H3,(H,22,24)/t13-,14-,18-,19-/m0/s1. The van der Waals surface area contributed by atoms with Crippen molar-refractivity contribution in [1.29, 1.82) is 0 Å². The minimum absolute atomic E-state index is 0.250. The van der Waals surface area contributed by atoms with E-state index < -0.39 is 25.0 Å². The number of imide groups is 1. The highest BCUT2D eigenvalue weighted by molar-refractivity contribution is 6.07. The van der Waals surface area contributed by atoms with Gasteiger partial charge in [-0.1, -0.05) is 19.1 Å². The zero-order chi connectivity index (χ0) is 19.8. The molecule has 1 N–H and O–H groups in total. The highest BCUT2D eigenvalue weighted by Gasteiger charge is 2.61. The number of likely N-dealkylation sites (tertiary alicyclic amines) is 1. The van der Waals surface area contributed by atoms with Crippen molar-refractivity contribution >= 4 is 29.4 Å². The van der Waals surface area contributed by atoms with Crippen molar-refractivity contribution in [3.63, 3.8) is 0 Å². The Morgan fingerprint density at radius 1 is 1.07 bits per heavy atom. The summed E-state index contributed by atoms with van der Waals surface area (Å²) in [6.07, 6.45) is 3.83. The largest absolute Gasteiger partial charge is 0.454 e. The van der Waals surface area contributed by atoms with Crippen LogP contribution in [0.3, 0.4) is 0 Å². The Balaban J connectivity index is 1.27. The highest BCUT2D eigenvalue weighted by Crippen LogP contribution is 2.56. The second-order valence-electron chi connectivity index (χ2n) is 7.91. The van der Waals surface area contributed by atoms with Crippen LogP contribution in [0.2, 0.25) is 0 Å². The van der Waals surface area contributed by atoms with Gasteiger partial charge in [-0.2, -0.15) is 0 Å². The molecule has 7 nitrogen and oxygen atoms in total. The maximum Gasteiger partial charge on any atom is 0.326 e. The van der Waals surface area contributed by atoms with Crippen molar-refractivity contribution in [2.45, 2.75) is 32.6 Å². The lowest BCUT2D eigenvalue weighted by Gasteiger charge is -2.19. The molecule has 1 aromatic carbocycles. The number of hydrogen-bond donors (Lipinski definition) is 1. The molecule has 4 atom stereocenters. The van der Waals surface area contributed by atoms with Crippen molar-refractivity contribution in [2.24, 2.45) is 23.7 Å². The molecular weight excluding hydrogens is 360 g/mol. The van der Waals surface area contributed by atoms with E-state index in [0.717, 1.165) is 36.1 Å². The van der Waals surface area contributed by atoms with Gasteiger partial charge in [0.05, 0.1) is 11.8 Å². The lowest BCUT2D eigenvalue weighted by atomic mass is 9.81. The molecule has 1 aliphatic heterocycles. The molecule has 3 aliphatic rings. The van der Waals surface area contributed by atoms with Crippen molar-refractivity contribution in [3.05, 3.63) is 29.8 Å². The zero-order valence-electron chi connectivity index (χ0n) is 15.8. The molecule has 3 amide bonds. The van der Waals surface area contributed by atoms with E-state index >= 15 is 0 Å². The van der Waals surface area contributed by atoms with Gasteiger partial charge in [0.1, 0.15) is 6.54 Å². The van der Waals surface area contributed by atoms with Crippen LogP contribution in [0, 0.1) is 23.7 Å². The monoisotopic (exact) mass is 384 g/mol. The van der Waals surface area contributed by atoms with E-state index in [2.05, 4.69) is 5.32 Å². The number of fused-ring (bicyclic) bond motifs is 5. The maximum absolute atomic E-state index is 12.6. The predicted molar refractivity (Wildman–Crippen MR) is 99.9 cm³/mol. The average molecular weight is 384 g/mol. The number of esters is 1. The second kappa shape index (κ2) is 7.37. The summed E-state index contributed by atoms with van der Waals surface area (Å²) in [5.41, 5.74) is 1.77. The van der Waals surface area contributed by atoms with Gasteiger partial charge < -0.3 is 10.1 Å². The Hall–Kier alpha value is -2.70. The molecule has 7 heteroatoms. The van der Waals surface area contributed by atoms with Crippen LogP contribution in [0.15, 0.2) is 24.3 Å². The Kier molecular flexibility index (Phi) is 4.91. The van der Waals surface area contributed by atoms with Crippen molar-refractivity contribution in [2.75, 3.05) is 18.5 Å². The number of hydrogen-bond acceptors (Lipinski definition) is 5. The molecule has 148 valence electrons. The van der Waals surface area contributed by atoms with Crippen LogP contribution in [0.5, 0.6) is 0 Å². The number of nitrogens with one attached hydrogen (secondary N) is 1. The molecule has 2 bridgehead atoms. The van der Waals surface area contributed by atoms with Crippen LogP contribution in [-0.2, 0) is 30.3 Å². The molecule has 1 heterocycles. The lowest BCUT2D eigenvalue weighted by molar-refractivity contribution is -0.154. The molecule has 0 radical (unpaired) electrons. The molecule has 2 aliphatic carbocycles. The third-order valence-corrected chi connectivity index (χ3v) is 6.32. The minimum atomic E-state index is -0.745. The lowest BCUT2D eigenvalue weighted by Crippen LogP contribution is -2.38. The second-order valence-corrected chi connectivity index (χ2v) is 7.91. The quantitative estimate of drug-likeness (QED) is 0.596. The van der Waals surface area contributed by atoms with Crippen LogP contribution in [-0.4, -0.2) is 41.7 Å². The number of benzene rings is 1. The zero-order valence-corrected chi connectivity index (χ0v) is 15.8. The first-order valence-corrected chi connectivity index (χ1v) is 9.87. The van der Waals surface area contributed by atoms with E-state index in [1.807, 2.05) is 19.1 Å². The number of amides is 3. The van der Waals surface area contributed by atoms with Crippen LogP contribution >= 0.6 is 0 Å². The van der Waals surface area contributed by atoms with E-state index in [0.29, 0.717) is 5.69 Å². The number of rotatable bonds is 6. The predicted octanol–water partition coefficient (Wildman–Crippen LogP) is 1.76. The van der Waals surface area contributed by atoms with Gasteiger partial charge in [-0.15, -0.1) is 0 Å². The average Bonchev–Trinajstić information content (AvgIpc) is 3.37. The minimum Gasteiger partial charge on any atom is -0.454 e. The third kappa shape index (κ3) is 3.30. The number of nitrogens with zero attached hydrogens (tertiary/aromatic N) is 1. The van der Waals surface area contributed by atoms with E-state index in [-0.39, 0.29) is 35.5 Å². The van der Waals surface area contributed by atoms with E-state index in [4.69, 9.17) is 4.74 Å². The summed E-state index contributed by atoms with van der Waals surface area (Å²) in [5, 5.41) is 2.65. The summed E-state index contributed by atoms with van der Waals surface area (Å²) in [6, 6.07) is 7.40. The molecule has 3 fully saturated rings. The van der Waals surface area contributed by atoms with Crippen molar-refractivity contribution in [1.82, 2.24) is 4.90 Å². The summed E-state index contributed by atoms with van der Waals surface area (Å²) < 4.78 is 4.97. The van der Waals surface area contributed by atoms with Gasteiger partial charge in [-0.3, -0.25) is 24.1 Å². The van der Waals surface area contributed by atoms with Gasteiger partial charge in [-0.05, 0) is 55.2 Å². The third-order valence-electron chi connectivity index (χ3n) is 6.32. The van der Waals surface area contributed by atoms with Gasteiger partial charge in [0, 0.05) is 5.69 Å². The summed E-state index contributed by atoms with van der Waals surface area (Å²) in [7, 11) is 0. The van der Waals surface area contributed by atoms with Crippen molar-refractivity contribution in [3.8, 4) is 0 Å². The Bertz CT molecular complexity index is 791. The smallest absolute Gasteiger partial charge is 0.326 e. The molecule has 28 heavy (non-hydrogen) atoms. The van der Waals surface area contributed by atoms with Crippen LogP contribution < -0.4 is 5.32 Å². The molecule has 1 aromatic rings. The van der Waals surface area contributed by atoms with Crippen LogP contribution in [0.4, 0.5) is 5.69 Å². The molecule has 1 saturated heterocycles. The van der Waals surface area contributed by atoms with Crippen LogP contribution in [0.25, 0.3) is 0 Å². The summed E-state index contributed by atoms with van der Waals surface area (Å²) in [4.78, 5) is 50.2. The summed E-state index contributed by atoms with van der Waals surface area (Å²) in [6.45, 7) is 1.17. The first kappa shape index (κ1) is 18.7. The summed E-state index contributed by atoms with van der Waals surface area (Å²) >= 11 is 0. The first-order valence-electron chi connectivity index (χ1n) is 9.87. The number of ether oxygens (including phenoxy) is 1. The molecule has 0 spiro atoms. The molecule has 2 saturated carbocycles. The van der Waals surface area contributed by atoms with E-state index in [1.54, 1.807) is 12.1 Å². The fourth-order valence-corrected chi connectivity index (χ4v) is 4.97. The Morgan fingerprint density at radius 3 is 2.25 bits per heavy atom. The molecule has 4 rings (SSSR count). The SMILES string of the molecule is CCc1ccc(NC(=O)COC(=O)CN2C(=O)[C@H]3[C@H]4CC[C@@H](C4)[C@@H]3C2=O)cc1. The fourth-order valence-electron chi connectivity index (χ4n) is 4.97. The fraction of sp³-hybridized carbons (Fsp3) is 0.524. The molecular formula is C21H24N2O5. The normalized spacial score (nSPS) is 27.8. The van der Waals surface area contributed by atoms with Gasteiger partial charge >= 0.3 is 5.97 Å². The van der Waals surface area contributed by atoms with Gasteiger partial charge in [0.15, 0.2) is 6.61 Å². The molecule has 0 unspecified atom stereocenters.